The third kappa shape index (κ3) is 2.16. The molecule has 0 saturated heterocycles. The molecule has 1 saturated carbocycles. The Morgan fingerprint density at radius 1 is 1.41 bits per heavy atom. The van der Waals surface area contributed by atoms with Crippen molar-refractivity contribution in [2.24, 2.45) is 0 Å². The maximum absolute atomic E-state index is 12.2. The molecule has 0 unspecified atom stereocenters. The van der Waals surface area contributed by atoms with Crippen LogP contribution in [0.3, 0.4) is 0 Å². The molecule has 17 heavy (non-hydrogen) atoms. The maximum atomic E-state index is 12.2. The SMILES string of the molecule is CN(C(=O)c1ccc(I)cc1)C1(C#N)CCC1. The van der Waals surface area contributed by atoms with Crippen LogP contribution in [0.25, 0.3) is 0 Å². The summed E-state index contributed by atoms with van der Waals surface area (Å²) in [7, 11) is 1.72. The molecule has 0 N–H and O–H groups in total. The van der Waals surface area contributed by atoms with E-state index in [1.807, 2.05) is 24.3 Å². The van der Waals surface area contributed by atoms with Gasteiger partial charge in [0.05, 0.1) is 6.07 Å². The number of hydrogen-bond acceptors (Lipinski definition) is 2. The molecule has 0 aromatic heterocycles. The van der Waals surface area contributed by atoms with Gasteiger partial charge in [-0.15, -0.1) is 0 Å². The Morgan fingerprint density at radius 2 is 2.00 bits per heavy atom. The summed E-state index contributed by atoms with van der Waals surface area (Å²) in [6.45, 7) is 0. The Labute approximate surface area is 115 Å². The van der Waals surface area contributed by atoms with Crippen LogP contribution in [-0.4, -0.2) is 23.4 Å². The van der Waals surface area contributed by atoms with E-state index in [1.54, 1.807) is 11.9 Å². The lowest BCUT2D eigenvalue weighted by Crippen LogP contribution is -2.53. The largest absolute Gasteiger partial charge is 0.323 e. The Morgan fingerprint density at radius 3 is 2.41 bits per heavy atom. The molecular formula is C13H13IN2O. The molecule has 1 fully saturated rings. The Balaban J connectivity index is 2.20. The van der Waals surface area contributed by atoms with Crippen molar-refractivity contribution in [3.63, 3.8) is 0 Å². The van der Waals surface area contributed by atoms with Crippen LogP contribution >= 0.6 is 22.6 Å². The second-order valence-corrected chi connectivity index (χ2v) is 5.61. The number of hydrogen-bond donors (Lipinski definition) is 0. The van der Waals surface area contributed by atoms with Crippen molar-refractivity contribution in [3.8, 4) is 6.07 Å². The summed E-state index contributed by atoms with van der Waals surface area (Å²) in [5.41, 5.74) is 0.0783. The van der Waals surface area contributed by atoms with Crippen molar-refractivity contribution < 1.29 is 4.79 Å². The van der Waals surface area contributed by atoms with Gasteiger partial charge in [-0.05, 0) is 66.1 Å². The first-order valence-corrected chi connectivity index (χ1v) is 6.62. The van der Waals surface area contributed by atoms with E-state index in [4.69, 9.17) is 0 Å². The van der Waals surface area contributed by atoms with Gasteiger partial charge in [0.25, 0.3) is 5.91 Å². The lowest BCUT2D eigenvalue weighted by molar-refractivity contribution is 0.0497. The van der Waals surface area contributed by atoms with Gasteiger partial charge >= 0.3 is 0 Å². The molecule has 2 rings (SSSR count). The van der Waals surface area contributed by atoms with Gasteiger partial charge in [0.15, 0.2) is 0 Å². The topological polar surface area (TPSA) is 44.1 Å². The monoisotopic (exact) mass is 340 g/mol. The normalized spacial score (nSPS) is 16.8. The van der Waals surface area contributed by atoms with E-state index in [-0.39, 0.29) is 5.91 Å². The molecule has 0 atom stereocenters. The Hall–Kier alpha value is -1.09. The van der Waals surface area contributed by atoms with Gasteiger partial charge in [0.1, 0.15) is 5.54 Å². The molecule has 1 amide bonds. The van der Waals surface area contributed by atoms with Crippen LogP contribution in [0.1, 0.15) is 29.6 Å². The number of amides is 1. The first-order chi connectivity index (χ1) is 8.09. The first kappa shape index (κ1) is 12.4. The van der Waals surface area contributed by atoms with Crippen molar-refractivity contribution >= 4 is 28.5 Å². The second-order valence-electron chi connectivity index (χ2n) is 4.37. The Bertz CT molecular complexity index is 471. The number of nitrogens with zero attached hydrogens (tertiary/aromatic N) is 2. The first-order valence-electron chi connectivity index (χ1n) is 5.54. The fraction of sp³-hybridized carbons (Fsp3) is 0.385. The van der Waals surface area contributed by atoms with Gasteiger partial charge in [-0.2, -0.15) is 5.26 Å². The molecule has 4 heteroatoms. The predicted molar refractivity (Wildman–Crippen MR) is 73.4 cm³/mol. The van der Waals surface area contributed by atoms with Crippen molar-refractivity contribution in [2.75, 3.05) is 7.05 Å². The fourth-order valence-corrected chi connectivity index (χ4v) is 2.37. The molecule has 1 aliphatic rings. The van der Waals surface area contributed by atoms with E-state index in [1.165, 1.54) is 0 Å². The van der Waals surface area contributed by atoms with Gasteiger partial charge in [-0.1, -0.05) is 0 Å². The van der Waals surface area contributed by atoms with Crippen molar-refractivity contribution in [3.05, 3.63) is 33.4 Å². The summed E-state index contributed by atoms with van der Waals surface area (Å²) in [6.07, 6.45) is 2.60. The van der Waals surface area contributed by atoms with Gasteiger partial charge in [-0.3, -0.25) is 4.79 Å². The zero-order valence-corrected chi connectivity index (χ0v) is 11.8. The number of nitriles is 1. The van der Waals surface area contributed by atoms with Crippen molar-refractivity contribution in [2.45, 2.75) is 24.8 Å². The zero-order valence-electron chi connectivity index (χ0n) is 9.61. The Kier molecular flexibility index (Phi) is 3.38. The summed E-state index contributed by atoms with van der Waals surface area (Å²) >= 11 is 2.20. The minimum absolute atomic E-state index is 0.0670. The van der Waals surface area contributed by atoms with Gasteiger partial charge in [0.2, 0.25) is 0 Å². The van der Waals surface area contributed by atoms with E-state index >= 15 is 0 Å². The molecule has 0 radical (unpaired) electrons. The highest BCUT2D eigenvalue weighted by molar-refractivity contribution is 14.1. The summed E-state index contributed by atoms with van der Waals surface area (Å²) in [4.78, 5) is 13.8. The van der Waals surface area contributed by atoms with E-state index in [0.29, 0.717) is 5.56 Å². The molecule has 0 aliphatic heterocycles. The van der Waals surface area contributed by atoms with Gasteiger partial charge in [0, 0.05) is 16.2 Å². The van der Waals surface area contributed by atoms with E-state index in [2.05, 4.69) is 28.7 Å². The summed E-state index contributed by atoms with van der Waals surface area (Å²) < 4.78 is 1.10. The highest BCUT2D eigenvalue weighted by Gasteiger charge is 2.43. The van der Waals surface area contributed by atoms with Crippen molar-refractivity contribution in [1.82, 2.24) is 4.90 Å². The van der Waals surface area contributed by atoms with E-state index < -0.39 is 5.54 Å². The minimum Gasteiger partial charge on any atom is -0.323 e. The molecule has 1 aromatic rings. The molecule has 0 spiro atoms. The molecule has 1 aliphatic carbocycles. The standard InChI is InChI=1S/C13H13IN2O/c1-16(13(9-15)7-2-8-13)12(17)10-3-5-11(14)6-4-10/h3-6H,2,7-8H2,1H3. The number of rotatable bonds is 2. The quantitative estimate of drug-likeness (QED) is 0.777. The molecule has 0 bridgehead atoms. The lowest BCUT2D eigenvalue weighted by Gasteiger charge is -2.42. The van der Waals surface area contributed by atoms with Crippen LogP contribution in [0.5, 0.6) is 0 Å². The van der Waals surface area contributed by atoms with Crippen molar-refractivity contribution in [1.29, 1.82) is 5.26 Å². The number of carbonyl (C=O) groups is 1. The van der Waals surface area contributed by atoms with Crippen LogP contribution in [0, 0.1) is 14.9 Å². The average molecular weight is 340 g/mol. The summed E-state index contributed by atoms with van der Waals surface area (Å²) in [6, 6.07) is 9.71. The predicted octanol–water partition coefficient (Wildman–Crippen LogP) is 2.81. The smallest absolute Gasteiger partial charge is 0.254 e. The summed E-state index contributed by atoms with van der Waals surface area (Å²) in [5, 5.41) is 9.20. The molecule has 0 heterocycles. The summed E-state index contributed by atoms with van der Waals surface area (Å²) in [5.74, 6) is -0.0670. The van der Waals surface area contributed by atoms with Crippen LogP contribution in [-0.2, 0) is 0 Å². The lowest BCUT2D eigenvalue weighted by atomic mass is 9.76. The molecule has 88 valence electrons. The van der Waals surface area contributed by atoms with Crippen LogP contribution in [0.2, 0.25) is 0 Å². The molecular weight excluding hydrogens is 327 g/mol. The third-order valence-corrected chi connectivity index (χ3v) is 4.15. The highest BCUT2D eigenvalue weighted by atomic mass is 127. The highest BCUT2D eigenvalue weighted by Crippen LogP contribution is 2.36. The van der Waals surface area contributed by atoms with Gasteiger partial charge in [-0.25, -0.2) is 0 Å². The second kappa shape index (κ2) is 4.65. The number of benzene rings is 1. The fourth-order valence-electron chi connectivity index (χ4n) is 2.01. The van der Waals surface area contributed by atoms with Crippen LogP contribution in [0.15, 0.2) is 24.3 Å². The number of halogens is 1. The molecule has 1 aromatic carbocycles. The van der Waals surface area contributed by atoms with E-state index in [9.17, 15) is 10.1 Å². The minimum atomic E-state index is -0.569. The van der Waals surface area contributed by atoms with E-state index in [0.717, 1.165) is 22.8 Å². The van der Waals surface area contributed by atoms with Crippen LogP contribution < -0.4 is 0 Å². The third-order valence-electron chi connectivity index (χ3n) is 3.43. The van der Waals surface area contributed by atoms with Gasteiger partial charge < -0.3 is 4.90 Å². The number of carbonyl (C=O) groups excluding carboxylic acids is 1. The van der Waals surface area contributed by atoms with Crippen LogP contribution in [0.4, 0.5) is 0 Å². The average Bonchev–Trinajstić information content (AvgIpc) is 2.28. The maximum Gasteiger partial charge on any atom is 0.254 e. The zero-order chi connectivity index (χ0) is 12.5. The molecule has 3 nitrogen and oxygen atoms in total.